The summed E-state index contributed by atoms with van der Waals surface area (Å²) in [6.07, 6.45) is 13.7. The summed E-state index contributed by atoms with van der Waals surface area (Å²) in [4.78, 5) is 48.1. The molecule has 9 aromatic carbocycles. The maximum absolute atomic E-state index is 13.6. The summed E-state index contributed by atoms with van der Waals surface area (Å²) in [6.45, 7) is 14.0. The van der Waals surface area contributed by atoms with Gasteiger partial charge in [-0.05, 0) is 104 Å². The molecule has 0 spiro atoms. The summed E-state index contributed by atoms with van der Waals surface area (Å²) in [5.74, 6) is 11.5. The topological polar surface area (TPSA) is 364 Å². The number of methoxy groups -OCH3 is 9. The average Bonchev–Trinajstić information content (AvgIpc) is 1.61. The molecule has 8 aromatic heterocycles. The highest BCUT2D eigenvalue weighted by atomic mass is 19.4. The Morgan fingerprint density at radius 1 is 0.432 bits per heavy atom. The van der Waals surface area contributed by atoms with Crippen LogP contribution in [0, 0.1) is 11.8 Å². The van der Waals surface area contributed by atoms with Crippen molar-refractivity contribution in [3.8, 4) is 103 Å². The lowest BCUT2D eigenvalue weighted by Gasteiger charge is -2.32. The summed E-state index contributed by atoms with van der Waals surface area (Å²) in [7, 11) is 21.6. The lowest BCUT2D eigenvalue weighted by molar-refractivity contribution is -0.141. The van der Waals surface area contributed by atoms with Crippen molar-refractivity contribution >= 4 is 95.3 Å². The van der Waals surface area contributed by atoms with Gasteiger partial charge < -0.3 is 88.8 Å². The second kappa shape index (κ2) is 47.3. The Labute approximate surface area is 844 Å². The first-order valence-electron chi connectivity index (χ1n) is 47.0. The molecule has 1 aliphatic rings. The first-order valence-corrected chi connectivity index (χ1v) is 47.0. The van der Waals surface area contributed by atoms with E-state index in [1.165, 1.54) is 25.0 Å². The quantitative estimate of drug-likeness (QED) is 0.0182. The van der Waals surface area contributed by atoms with E-state index in [2.05, 4.69) is 134 Å². The van der Waals surface area contributed by atoms with Crippen molar-refractivity contribution in [3.63, 3.8) is 0 Å². The predicted octanol–water partition coefficient (Wildman–Crippen LogP) is 16.6. The van der Waals surface area contributed by atoms with Gasteiger partial charge in [0.25, 0.3) is 0 Å². The zero-order chi connectivity index (χ0) is 103. The smallest absolute Gasteiger partial charge is 0.435 e. The minimum atomic E-state index is -4.61. The number of alkyl halides is 3. The van der Waals surface area contributed by atoms with E-state index in [4.69, 9.17) is 63.3 Å². The Morgan fingerprint density at radius 2 is 0.795 bits per heavy atom. The molecule has 758 valence electrons. The molecule has 38 heteroatoms. The Bertz CT molecular complexity index is 7320. The van der Waals surface area contributed by atoms with Gasteiger partial charge in [0.05, 0.1) is 199 Å². The van der Waals surface area contributed by atoms with Crippen LogP contribution in [0.2, 0.25) is 0 Å². The van der Waals surface area contributed by atoms with Crippen LogP contribution in [0.3, 0.4) is 0 Å². The molecule has 18 rings (SSSR count). The fraction of sp³-hybridized carbons (Fsp3) is 0.296. The van der Waals surface area contributed by atoms with Crippen LogP contribution >= 0.6 is 0 Å². The number of nitrogens with zero attached hydrogens (tertiary/aromatic N) is 21. The third-order valence-corrected chi connectivity index (χ3v) is 24.1. The van der Waals surface area contributed by atoms with E-state index < -0.39 is 23.6 Å². The SMILES string of the molecule is COC[C@@H](O)CN(c1cc(OC)cc(OC)c1)c1ccc2ncc(-c3cnn(C)c3)nc2c1.COc1cc(OC)cc(N(CC#CC2(O)CNC2)c2ccc3ncc(-c4cnn(C)c4)nc3c2)c1.COc1cc(OC)cc(N(CCN(Cc2ccc(N)cc2)C(C)C)c2ccc3ncc(-c4cnn(C)c4)nc3c2)c1.COc1cc(OC)cc(N(CCNC(C)C)c2ccc3ncc(-c4cn(C)nc4C(F)(F)F)nc3c2)c1. The summed E-state index contributed by atoms with van der Waals surface area (Å²) in [6, 6.07) is 55.0. The third-order valence-electron chi connectivity index (χ3n) is 24.1. The van der Waals surface area contributed by atoms with Gasteiger partial charge in [-0.3, -0.25) is 43.6 Å². The highest BCUT2D eigenvalue weighted by molar-refractivity contribution is 5.88. The summed E-state index contributed by atoms with van der Waals surface area (Å²) in [5, 5.41) is 43.7. The number of β-amino-alcohol motifs (C(OH)–C–C–N with tert-alkyl or cyclic N) is 1. The molecule has 0 unspecified atom stereocenters. The van der Waals surface area contributed by atoms with Crippen LogP contribution in [0.4, 0.5) is 64.4 Å². The molecular weight excluding hydrogens is 1870 g/mol. The molecule has 1 aliphatic heterocycles. The van der Waals surface area contributed by atoms with E-state index in [0.29, 0.717) is 96.9 Å². The van der Waals surface area contributed by atoms with Crippen molar-refractivity contribution < 1.29 is 66.0 Å². The van der Waals surface area contributed by atoms with E-state index in [1.54, 1.807) is 133 Å². The summed E-state index contributed by atoms with van der Waals surface area (Å²) in [5.41, 5.74) is 23.6. The molecule has 146 heavy (non-hydrogen) atoms. The highest BCUT2D eigenvalue weighted by Gasteiger charge is 2.38. The maximum atomic E-state index is 13.6. The van der Waals surface area contributed by atoms with E-state index >= 15 is 0 Å². The number of anilines is 9. The van der Waals surface area contributed by atoms with Gasteiger partial charge in [-0.25, -0.2) is 19.9 Å². The van der Waals surface area contributed by atoms with Gasteiger partial charge in [0.15, 0.2) is 5.69 Å². The molecule has 6 N–H and O–H groups in total. The third kappa shape index (κ3) is 26.2. The number of benzene rings is 9. The van der Waals surface area contributed by atoms with Crippen LogP contribution in [0.1, 0.15) is 39.0 Å². The van der Waals surface area contributed by atoms with Crippen LogP contribution in [-0.2, 0) is 45.6 Å². The molecule has 0 aliphatic carbocycles. The lowest BCUT2D eigenvalue weighted by Crippen LogP contribution is -2.58. The fourth-order valence-corrected chi connectivity index (χ4v) is 16.3. The number of nitrogen functional groups attached to an aromatic ring is 1. The number of aromatic nitrogens is 16. The van der Waals surface area contributed by atoms with Crippen LogP contribution < -0.4 is 73.9 Å². The highest BCUT2D eigenvalue weighted by Crippen LogP contribution is 2.42. The van der Waals surface area contributed by atoms with Crippen LogP contribution in [0.5, 0.6) is 46.0 Å². The summed E-state index contributed by atoms with van der Waals surface area (Å²) >= 11 is 0. The largest absolute Gasteiger partial charge is 0.497 e. The van der Waals surface area contributed by atoms with E-state index in [-0.39, 0.29) is 17.9 Å². The molecule has 17 aromatic rings. The number of aliphatic hydroxyl groups excluding tert-OH is 1. The Balaban J connectivity index is 0.000000147. The van der Waals surface area contributed by atoms with Crippen molar-refractivity contribution in [3.05, 3.63) is 249 Å². The van der Waals surface area contributed by atoms with Gasteiger partial charge in [0.2, 0.25) is 0 Å². The van der Waals surface area contributed by atoms with Crippen molar-refractivity contribution in [2.45, 2.75) is 64.2 Å². The molecule has 35 nitrogen and oxygen atoms in total. The number of rotatable bonds is 35. The average molecular weight is 1990 g/mol. The Morgan fingerprint density at radius 3 is 1.14 bits per heavy atom. The van der Waals surface area contributed by atoms with E-state index in [1.807, 2.05) is 177 Å². The van der Waals surface area contributed by atoms with Crippen LogP contribution in [0.25, 0.3) is 89.2 Å². The van der Waals surface area contributed by atoms with Crippen molar-refractivity contribution in [1.82, 2.24) is 94.5 Å². The Kier molecular flexibility index (Phi) is 33.7. The van der Waals surface area contributed by atoms with Crippen molar-refractivity contribution in [2.75, 3.05) is 148 Å². The van der Waals surface area contributed by atoms with Gasteiger partial charge in [-0.15, -0.1) is 0 Å². The molecule has 1 saturated heterocycles. The second-order valence-corrected chi connectivity index (χ2v) is 35.2. The number of halogens is 3. The first kappa shape index (κ1) is 104. The zero-order valence-corrected chi connectivity index (χ0v) is 84.5. The van der Waals surface area contributed by atoms with Gasteiger partial charge in [0, 0.05) is 259 Å². The molecular formula is C108H119F3N24O11. The molecule has 0 saturated carbocycles. The monoisotopic (exact) mass is 1980 g/mol. The number of nitrogens with one attached hydrogen (secondary N) is 2. The Hall–Kier alpha value is -16.3. The number of nitrogens with two attached hydrogens (primary N) is 1. The second-order valence-electron chi connectivity index (χ2n) is 35.2. The molecule has 1 fully saturated rings. The van der Waals surface area contributed by atoms with E-state index in [0.717, 1.165) is 154 Å². The van der Waals surface area contributed by atoms with Gasteiger partial charge >= 0.3 is 6.18 Å². The minimum Gasteiger partial charge on any atom is -0.497 e. The number of aryl methyl sites for hydroxylation is 4. The van der Waals surface area contributed by atoms with Crippen LogP contribution in [-0.4, -0.2) is 241 Å². The predicted molar refractivity (Wildman–Crippen MR) is 561 cm³/mol. The minimum absolute atomic E-state index is 0.0983. The number of hydrogen-bond donors (Lipinski definition) is 5. The van der Waals surface area contributed by atoms with Crippen molar-refractivity contribution in [2.24, 2.45) is 28.2 Å². The van der Waals surface area contributed by atoms with Crippen LogP contribution in [0.15, 0.2) is 238 Å². The molecule has 9 heterocycles. The maximum Gasteiger partial charge on any atom is 0.435 e. The van der Waals surface area contributed by atoms with Gasteiger partial charge in [-0.1, -0.05) is 37.8 Å². The van der Waals surface area contributed by atoms with Gasteiger partial charge in [-0.2, -0.15) is 33.6 Å². The lowest BCUT2D eigenvalue weighted by atomic mass is 9.98. The number of hydrogen-bond acceptors (Lipinski definition) is 31. The first-order chi connectivity index (χ1) is 70.4. The summed E-state index contributed by atoms with van der Waals surface area (Å²) < 4.78 is 96.2. The van der Waals surface area contributed by atoms with Crippen molar-refractivity contribution in [1.29, 1.82) is 0 Å². The normalized spacial score (nSPS) is 12.3. The number of ether oxygens (including phenoxy) is 9. The molecule has 0 radical (unpaired) electrons. The molecule has 0 amide bonds. The zero-order valence-electron chi connectivity index (χ0n) is 84.5. The van der Waals surface area contributed by atoms with Gasteiger partial charge in [0.1, 0.15) is 51.6 Å². The molecule has 1 atom stereocenters. The fourth-order valence-electron chi connectivity index (χ4n) is 16.3. The molecule has 0 bridgehead atoms. The standard InChI is InChI=1S/C32H37N7O2.C26H29F3N6O2.C26H26N6O3.C24H27N5O4/c1-22(2)38(20-23-6-8-25(33)9-7-23)12-13-39(27-14-28(40-4)17-29(15-27)41-5)26-10-11-30-31(16-26)36-32(19-34-30)24-18-35-37(3)21-24;1-16(2)30-8-9-35(18-10-19(36-4)13-20(11-18)37-5)17-6-7-22-23(12-17)32-24(14-31-22)21-15-34(3)33-25(21)26(27,28)29;1-31-15-18(13-29-31)25-14-28-23-6-5-19(11-24(23)30-25)32(8-4-7-26(33)16-27-17-26)20-9-21(34-2)12-22(10-20)35-3;1-28-13-16(11-26-28)24-12-25-22-6-5-17(9-23(22)27-24)29(14-19(30)15-31-2)18-7-20(32-3)10-21(8-18)33-4/h6-11,14-19,21-22H,12-13,20,33H2,1-5H3;6-7,10-16,30H,8-9H2,1-5H3;5-6,9-15,27,33H,8,16-17H2,1-3H3;5-13,19,30H,14-15H2,1-4H3/t;;;19-/m...0/s1. The van der Waals surface area contributed by atoms with E-state index in [9.17, 15) is 23.4 Å². The number of aliphatic hydroxyl groups is 2. The number of fused-ring (bicyclic) bond motifs is 4.